The number of nitrogens with two attached hydrogens (primary N) is 1. The molecule has 0 aromatic carbocycles. The van der Waals surface area contributed by atoms with Gasteiger partial charge in [-0.15, -0.1) is 0 Å². The van der Waals surface area contributed by atoms with Crippen molar-refractivity contribution in [2.75, 3.05) is 5.32 Å². The van der Waals surface area contributed by atoms with Crippen LogP contribution in [0.15, 0.2) is 17.2 Å². The third-order valence-electron chi connectivity index (χ3n) is 2.37. The van der Waals surface area contributed by atoms with Gasteiger partial charge in [0, 0.05) is 31.4 Å². The normalized spacial score (nSPS) is 12.4. The molecule has 0 aliphatic heterocycles. The molecule has 6 nitrogen and oxygen atoms in total. The summed E-state index contributed by atoms with van der Waals surface area (Å²) in [6, 6.07) is -0.211. The third kappa shape index (κ3) is 4.20. The Morgan fingerprint density at radius 2 is 2.17 bits per heavy atom. The van der Waals surface area contributed by atoms with E-state index in [0.717, 1.165) is 0 Å². The summed E-state index contributed by atoms with van der Waals surface area (Å²) in [6.07, 6.45) is 3.40. The number of hydrogen-bond donors (Lipinski definition) is 2. The van der Waals surface area contributed by atoms with Crippen LogP contribution < -0.4 is 16.6 Å². The largest absolute Gasteiger partial charge is 0.370 e. The minimum Gasteiger partial charge on any atom is -0.370 e. The molecule has 1 aromatic rings. The molecule has 0 radical (unpaired) electrons. The Morgan fingerprint density at radius 1 is 1.50 bits per heavy atom. The van der Waals surface area contributed by atoms with Crippen LogP contribution in [0.5, 0.6) is 0 Å². The van der Waals surface area contributed by atoms with Crippen LogP contribution in [0.4, 0.5) is 5.82 Å². The fourth-order valence-corrected chi connectivity index (χ4v) is 1.67. The molecular formula is C12H20N4O2. The molecule has 0 bridgehead atoms. The maximum atomic E-state index is 12.0. The molecule has 0 saturated heterocycles. The summed E-state index contributed by atoms with van der Waals surface area (Å²) in [6.45, 7) is 6.50. The Morgan fingerprint density at radius 3 is 2.72 bits per heavy atom. The molecule has 18 heavy (non-hydrogen) atoms. The van der Waals surface area contributed by atoms with Crippen LogP contribution in [0.25, 0.3) is 0 Å². The Labute approximate surface area is 106 Å². The minimum atomic E-state index is -0.409. The van der Waals surface area contributed by atoms with Gasteiger partial charge in [0.25, 0.3) is 5.56 Å². The molecule has 1 atom stereocenters. The molecular weight excluding hydrogens is 232 g/mol. The molecule has 3 N–H and O–H groups in total. The number of carbonyl (C=O) groups is 1. The maximum Gasteiger partial charge on any atom is 0.293 e. The zero-order chi connectivity index (χ0) is 13.7. The molecule has 0 aliphatic rings. The van der Waals surface area contributed by atoms with Crippen molar-refractivity contribution < 1.29 is 4.79 Å². The quantitative estimate of drug-likeness (QED) is 0.774. The number of nitrogens with zero attached hydrogens (tertiary/aromatic N) is 2. The van der Waals surface area contributed by atoms with Crippen molar-refractivity contribution in [3.8, 4) is 0 Å². The van der Waals surface area contributed by atoms with Gasteiger partial charge in [0.2, 0.25) is 5.91 Å². The standard InChI is InChI=1S/C12H20N4O2/c1-8(2)7-16-5-4-14-11(12(16)18)15-9(3)6-10(13)17/h4-5,8-9H,6-7H2,1-3H3,(H2,13,17)(H,14,15). The smallest absolute Gasteiger partial charge is 0.293 e. The van der Waals surface area contributed by atoms with Crippen LogP contribution in [-0.4, -0.2) is 21.5 Å². The number of aromatic nitrogens is 2. The van der Waals surface area contributed by atoms with Crippen molar-refractivity contribution in [3.63, 3.8) is 0 Å². The van der Waals surface area contributed by atoms with E-state index in [1.165, 1.54) is 0 Å². The number of hydrogen-bond acceptors (Lipinski definition) is 4. The van der Waals surface area contributed by atoms with E-state index in [9.17, 15) is 9.59 Å². The van der Waals surface area contributed by atoms with Gasteiger partial charge >= 0.3 is 0 Å². The van der Waals surface area contributed by atoms with Crippen molar-refractivity contribution in [1.82, 2.24) is 9.55 Å². The van der Waals surface area contributed by atoms with Gasteiger partial charge in [0.15, 0.2) is 5.82 Å². The molecule has 0 saturated carbocycles. The van der Waals surface area contributed by atoms with Crippen molar-refractivity contribution >= 4 is 11.7 Å². The van der Waals surface area contributed by atoms with E-state index in [4.69, 9.17) is 5.73 Å². The molecule has 0 aliphatic carbocycles. The summed E-state index contributed by atoms with van der Waals surface area (Å²) in [5.74, 6) is 0.223. The van der Waals surface area contributed by atoms with E-state index in [2.05, 4.69) is 10.3 Å². The molecule has 1 aromatic heterocycles. The van der Waals surface area contributed by atoms with Crippen molar-refractivity contribution in [2.45, 2.75) is 39.8 Å². The van der Waals surface area contributed by atoms with Crippen LogP contribution in [0.1, 0.15) is 27.2 Å². The van der Waals surface area contributed by atoms with Gasteiger partial charge in [-0.25, -0.2) is 4.98 Å². The first-order valence-corrected chi connectivity index (χ1v) is 6.00. The Bertz CT molecular complexity index is 467. The summed E-state index contributed by atoms with van der Waals surface area (Å²) < 4.78 is 1.61. The Hall–Kier alpha value is -1.85. The molecule has 1 rings (SSSR count). The average Bonchev–Trinajstić information content (AvgIpc) is 2.22. The second-order valence-electron chi connectivity index (χ2n) is 4.84. The summed E-state index contributed by atoms with van der Waals surface area (Å²) in [5, 5.41) is 2.91. The van der Waals surface area contributed by atoms with Crippen LogP contribution in [0.2, 0.25) is 0 Å². The highest BCUT2D eigenvalue weighted by Crippen LogP contribution is 2.02. The lowest BCUT2D eigenvalue weighted by atomic mass is 10.2. The Balaban J connectivity index is 2.84. The number of amides is 1. The second kappa shape index (κ2) is 6.18. The highest BCUT2D eigenvalue weighted by Gasteiger charge is 2.10. The van der Waals surface area contributed by atoms with Gasteiger partial charge in [-0.3, -0.25) is 9.59 Å². The SMILES string of the molecule is CC(C)Cn1ccnc(NC(C)CC(N)=O)c1=O. The monoisotopic (exact) mass is 252 g/mol. The zero-order valence-electron chi connectivity index (χ0n) is 11.0. The van der Waals surface area contributed by atoms with Gasteiger partial charge in [0.1, 0.15) is 0 Å². The number of carbonyl (C=O) groups excluding carboxylic acids is 1. The highest BCUT2D eigenvalue weighted by molar-refractivity contribution is 5.74. The van der Waals surface area contributed by atoms with Crippen LogP contribution in [0, 0.1) is 5.92 Å². The molecule has 1 heterocycles. The van der Waals surface area contributed by atoms with E-state index >= 15 is 0 Å². The van der Waals surface area contributed by atoms with E-state index in [1.807, 2.05) is 13.8 Å². The van der Waals surface area contributed by atoms with Crippen molar-refractivity contribution in [3.05, 3.63) is 22.7 Å². The van der Waals surface area contributed by atoms with Crippen LogP contribution in [-0.2, 0) is 11.3 Å². The van der Waals surface area contributed by atoms with E-state index in [1.54, 1.807) is 23.9 Å². The first-order valence-electron chi connectivity index (χ1n) is 6.00. The number of rotatable bonds is 6. The molecule has 0 fully saturated rings. The fraction of sp³-hybridized carbons (Fsp3) is 0.583. The summed E-state index contributed by atoms with van der Waals surface area (Å²) in [7, 11) is 0. The highest BCUT2D eigenvalue weighted by atomic mass is 16.1. The molecule has 100 valence electrons. The predicted molar refractivity (Wildman–Crippen MR) is 70.2 cm³/mol. The van der Waals surface area contributed by atoms with Gasteiger partial charge < -0.3 is 15.6 Å². The minimum absolute atomic E-state index is 0.167. The summed E-state index contributed by atoms with van der Waals surface area (Å²) in [4.78, 5) is 26.8. The average molecular weight is 252 g/mol. The van der Waals surface area contributed by atoms with Gasteiger partial charge in [-0.2, -0.15) is 0 Å². The molecule has 1 amide bonds. The third-order valence-corrected chi connectivity index (χ3v) is 2.37. The summed E-state index contributed by atoms with van der Waals surface area (Å²) >= 11 is 0. The first-order chi connectivity index (χ1) is 8.40. The number of primary amides is 1. The van der Waals surface area contributed by atoms with Crippen molar-refractivity contribution in [2.24, 2.45) is 11.7 Å². The number of anilines is 1. The van der Waals surface area contributed by atoms with E-state index < -0.39 is 5.91 Å². The second-order valence-corrected chi connectivity index (χ2v) is 4.84. The number of nitrogens with one attached hydrogen (secondary N) is 1. The first kappa shape index (κ1) is 14.2. The molecule has 0 spiro atoms. The van der Waals surface area contributed by atoms with Crippen LogP contribution in [0.3, 0.4) is 0 Å². The zero-order valence-corrected chi connectivity index (χ0v) is 11.0. The van der Waals surface area contributed by atoms with E-state index in [-0.39, 0.29) is 23.8 Å². The van der Waals surface area contributed by atoms with Crippen molar-refractivity contribution in [1.29, 1.82) is 0 Å². The topological polar surface area (TPSA) is 90.0 Å². The van der Waals surface area contributed by atoms with Crippen LogP contribution >= 0.6 is 0 Å². The maximum absolute atomic E-state index is 12.0. The lowest BCUT2D eigenvalue weighted by Gasteiger charge is -2.14. The molecule has 1 unspecified atom stereocenters. The fourth-order valence-electron chi connectivity index (χ4n) is 1.67. The Kier molecular flexibility index (Phi) is 4.88. The van der Waals surface area contributed by atoms with Gasteiger partial charge in [-0.1, -0.05) is 13.8 Å². The van der Waals surface area contributed by atoms with Gasteiger partial charge in [0.05, 0.1) is 0 Å². The van der Waals surface area contributed by atoms with Gasteiger partial charge in [-0.05, 0) is 12.8 Å². The summed E-state index contributed by atoms with van der Waals surface area (Å²) in [5.41, 5.74) is 4.92. The molecule has 6 heteroatoms. The van der Waals surface area contributed by atoms with E-state index in [0.29, 0.717) is 12.5 Å². The predicted octanol–water partition coefficient (Wildman–Crippen LogP) is 0.575. The lowest BCUT2D eigenvalue weighted by Crippen LogP contribution is -2.31. The lowest BCUT2D eigenvalue weighted by molar-refractivity contribution is -0.118.